The van der Waals surface area contributed by atoms with Gasteiger partial charge in [0.2, 0.25) is 0 Å². The molecule has 0 fully saturated rings. The average molecular weight is 196 g/mol. The van der Waals surface area contributed by atoms with Crippen LogP contribution in [0.4, 0.5) is 13.2 Å². The molecule has 1 aromatic heterocycles. The zero-order chi connectivity index (χ0) is 9.19. The molecule has 1 aromatic rings. The van der Waals surface area contributed by atoms with Crippen molar-refractivity contribution in [2.75, 3.05) is 5.75 Å². The van der Waals surface area contributed by atoms with Gasteiger partial charge in [-0.2, -0.15) is 30.9 Å². The fourth-order valence-electron chi connectivity index (χ4n) is 0.867. The van der Waals surface area contributed by atoms with E-state index in [2.05, 4.69) is 17.7 Å². The van der Waals surface area contributed by atoms with Crippen LogP contribution < -0.4 is 0 Å². The third-order valence-electron chi connectivity index (χ3n) is 1.38. The summed E-state index contributed by atoms with van der Waals surface area (Å²) in [5, 5.41) is 5.25. The Labute approximate surface area is 72.6 Å². The van der Waals surface area contributed by atoms with Gasteiger partial charge < -0.3 is 0 Å². The van der Waals surface area contributed by atoms with Crippen molar-refractivity contribution in [3.8, 4) is 0 Å². The molecule has 0 bridgehead atoms. The first kappa shape index (κ1) is 9.44. The van der Waals surface area contributed by atoms with Gasteiger partial charge in [0.05, 0.1) is 6.20 Å². The van der Waals surface area contributed by atoms with Gasteiger partial charge in [-0.3, -0.25) is 5.10 Å². The molecule has 0 saturated carbocycles. The van der Waals surface area contributed by atoms with Crippen molar-refractivity contribution in [1.29, 1.82) is 0 Å². The highest BCUT2D eigenvalue weighted by molar-refractivity contribution is 7.80. The molecule has 2 nitrogen and oxygen atoms in total. The molecule has 0 amide bonds. The van der Waals surface area contributed by atoms with Crippen LogP contribution in [0.2, 0.25) is 0 Å². The van der Waals surface area contributed by atoms with E-state index in [9.17, 15) is 13.2 Å². The molecule has 1 heterocycles. The number of halogens is 3. The van der Waals surface area contributed by atoms with E-state index in [-0.39, 0.29) is 12.0 Å². The predicted octanol–water partition coefficient (Wildman–Crippen LogP) is 1.90. The second-order valence-electron chi connectivity index (χ2n) is 2.24. The average Bonchev–Trinajstić information content (AvgIpc) is 2.34. The summed E-state index contributed by atoms with van der Waals surface area (Å²) >= 11 is 3.84. The maximum absolute atomic E-state index is 12.1. The Hall–Kier alpha value is -0.650. The number of aromatic nitrogens is 2. The van der Waals surface area contributed by atoms with Crippen LogP contribution in [-0.4, -0.2) is 16.0 Å². The largest absolute Gasteiger partial charge is 0.433 e. The van der Waals surface area contributed by atoms with Gasteiger partial charge in [0.1, 0.15) is 5.69 Å². The van der Waals surface area contributed by atoms with E-state index >= 15 is 0 Å². The fraction of sp³-hybridized carbons (Fsp3) is 0.500. The molecule has 0 aliphatic rings. The van der Waals surface area contributed by atoms with Crippen molar-refractivity contribution in [2.45, 2.75) is 12.6 Å². The monoisotopic (exact) mass is 196 g/mol. The number of aromatic amines is 1. The quantitative estimate of drug-likeness (QED) is 0.695. The van der Waals surface area contributed by atoms with Gasteiger partial charge >= 0.3 is 6.18 Å². The SMILES string of the molecule is FC(F)(F)c1[nH]ncc1CCS. The maximum Gasteiger partial charge on any atom is 0.433 e. The third kappa shape index (κ3) is 1.94. The van der Waals surface area contributed by atoms with Crippen LogP contribution in [0.5, 0.6) is 0 Å². The molecule has 0 radical (unpaired) electrons. The Kier molecular flexibility index (Phi) is 2.66. The molecule has 0 spiro atoms. The number of nitrogens with one attached hydrogen (secondary N) is 1. The molecule has 0 saturated heterocycles. The number of H-pyrrole nitrogens is 1. The van der Waals surface area contributed by atoms with E-state index in [0.29, 0.717) is 5.75 Å². The summed E-state index contributed by atoms with van der Waals surface area (Å²) in [6.45, 7) is 0. The van der Waals surface area contributed by atoms with E-state index in [1.165, 1.54) is 6.20 Å². The minimum absolute atomic E-state index is 0.164. The van der Waals surface area contributed by atoms with E-state index in [4.69, 9.17) is 0 Å². The van der Waals surface area contributed by atoms with Gasteiger partial charge in [0.25, 0.3) is 0 Å². The highest BCUT2D eigenvalue weighted by Crippen LogP contribution is 2.30. The lowest BCUT2D eigenvalue weighted by molar-refractivity contribution is -0.141. The van der Waals surface area contributed by atoms with Crippen LogP contribution >= 0.6 is 12.6 Å². The smallest absolute Gasteiger partial charge is 0.273 e. The summed E-state index contributed by atoms with van der Waals surface area (Å²) in [6.07, 6.45) is -2.89. The first-order valence-electron chi connectivity index (χ1n) is 3.26. The van der Waals surface area contributed by atoms with Crippen LogP contribution in [0, 0.1) is 0 Å². The third-order valence-corrected chi connectivity index (χ3v) is 1.61. The molecular weight excluding hydrogens is 189 g/mol. The summed E-state index contributed by atoms with van der Waals surface area (Å²) in [4.78, 5) is 0. The number of hydrogen-bond acceptors (Lipinski definition) is 2. The van der Waals surface area contributed by atoms with Gasteiger partial charge in [-0.15, -0.1) is 0 Å². The summed E-state index contributed by atoms with van der Waals surface area (Å²) in [7, 11) is 0. The predicted molar refractivity (Wildman–Crippen MR) is 41.1 cm³/mol. The normalized spacial score (nSPS) is 12.0. The Morgan fingerprint density at radius 2 is 2.17 bits per heavy atom. The summed E-state index contributed by atoms with van der Waals surface area (Å²) in [5.74, 6) is 0.378. The van der Waals surface area contributed by atoms with E-state index < -0.39 is 11.9 Å². The lowest BCUT2D eigenvalue weighted by atomic mass is 10.2. The minimum Gasteiger partial charge on any atom is -0.273 e. The fourth-order valence-corrected chi connectivity index (χ4v) is 1.11. The Balaban J connectivity index is 2.91. The zero-order valence-corrected chi connectivity index (χ0v) is 6.91. The Bertz CT molecular complexity index is 256. The van der Waals surface area contributed by atoms with Gasteiger partial charge in [0, 0.05) is 5.56 Å². The second-order valence-corrected chi connectivity index (χ2v) is 2.69. The van der Waals surface area contributed by atoms with E-state index in [1.807, 2.05) is 5.10 Å². The van der Waals surface area contributed by atoms with E-state index in [1.54, 1.807) is 0 Å². The number of thiol groups is 1. The van der Waals surface area contributed by atoms with Crippen LogP contribution in [0.25, 0.3) is 0 Å². The Morgan fingerprint density at radius 1 is 1.50 bits per heavy atom. The number of aryl methyl sites for hydroxylation is 1. The topological polar surface area (TPSA) is 28.7 Å². The summed E-state index contributed by atoms with van der Waals surface area (Å²) in [6, 6.07) is 0. The van der Waals surface area contributed by atoms with E-state index in [0.717, 1.165) is 0 Å². The molecule has 68 valence electrons. The highest BCUT2D eigenvalue weighted by Gasteiger charge is 2.34. The molecule has 0 atom stereocenters. The zero-order valence-electron chi connectivity index (χ0n) is 6.02. The number of rotatable bonds is 2. The Morgan fingerprint density at radius 3 is 2.67 bits per heavy atom. The molecule has 6 heteroatoms. The summed E-state index contributed by atoms with van der Waals surface area (Å²) < 4.78 is 36.3. The van der Waals surface area contributed by atoms with Crippen molar-refractivity contribution >= 4 is 12.6 Å². The molecule has 1 N–H and O–H groups in total. The van der Waals surface area contributed by atoms with Gasteiger partial charge in [-0.25, -0.2) is 0 Å². The van der Waals surface area contributed by atoms with Crippen molar-refractivity contribution in [1.82, 2.24) is 10.2 Å². The second kappa shape index (κ2) is 3.38. The summed E-state index contributed by atoms with van der Waals surface area (Å²) in [5.41, 5.74) is -0.603. The number of alkyl halides is 3. The van der Waals surface area contributed by atoms with Crippen molar-refractivity contribution < 1.29 is 13.2 Å². The van der Waals surface area contributed by atoms with Crippen molar-refractivity contribution in [3.63, 3.8) is 0 Å². The molecular formula is C6H7F3N2S. The molecule has 0 aromatic carbocycles. The number of hydrogen-bond donors (Lipinski definition) is 2. The highest BCUT2D eigenvalue weighted by atomic mass is 32.1. The lowest BCUT2D eigenvalue weighted by Gasteiger charge is -2.04. The van der Waals surface area contributed by atoms with Crippen LogP contribution in [0.3, 0.4) is 0 Å². The molecule has 0 unspecified atom stereocenters. The molecule has 1 rings (SSSR count). The van der Waals surface area contributed by atoms with Crippen LogP contribution in [0.15, 0.2) is 6.20 Å². The molecule has 12 heavy (non-hydrogen) atoms. The lowest BCUT2D eigenvalue weighted by Crippen LogP contribution is -2.09. The first-order chi connectivity index (χ1) is 5.55. The molecule has 0 aliphatic heterocycles. The minimum atomic E-state index is -4.34. The first-order valence-corrected chi connectivity index (χ1v) is 3.89. The maximum atomic E-state index is 12.1. The van der Waals surface area contributed by atoms with Crippen LogP contribution in [-0.2, 0) is 12.6 Å². The van der Waals surface area contributed by atoms with Gasteiger partial charge in [-0.1, -0.05) is 0 Å². The van der Waals surface area contributed by atoms with Gasteiger partial charge in [-0.05, 0) is 12.2 Å². The molecule has 0 aliphatic carbocycles. The number of nitrogens with zero attached hydrogens (tertiary/aromatic N) is 1. The standard InChI is InChI=1S/C6H7F3N2S/c7-6(8,9)5-4(1-2-12)3-10-11-5/h3,12H,1-2H2,(H,10,11). The van der Waals surface area contributed by atoms with Gasteiger partial charge in [0.15, 0.2) is 0 Å². The van der Waals surface area contributed by atoms with Crippen molar-refractivity contribution in [3.05, 3.63) is 17.5 Å². The van der Waals surface area contributed by atoms with Crippen LogP contribution in [0.1, 0.15) is 11.3 Å². The van der Waals surface area contributed by atoms with Crippen molar-refractivity contribution in [2.24, 2.45) is 0 Å².